The van der Waals surface area contributed by atoms with Crippen LogP contribution in [0.1, 0.15) is 46.5 Å². The first-order valence-corrected chi connectivity index (χ1v) is 13.9. The van der Waals surface area contributed by atoms with Gasteiger partial charge >= 0.3 is 5.97 Å². The lowest BCUT2D eigenvalue weighted by atomic mass is 9.44. The molecular weight excluding hydrogens is 509 g/mol. The van der Waals surface area contributed by atoms with Crippen molar-refractivity contribution in [3.8, 4) is 0 Å². The maximum absolute atomic E-state index is 17.4. The number of ether oxygens (including phenoxy) is 2. The molecule has 0 radical (unpaired) electrons. The third kappa shape index (κ3) is 3.43. The molecule has 204 valence electrons. The quantitative estimate of drug-likeness (QED) is 0.536. The van der Waals surface area contributed by atoms with Crippen molar-refractivity contribution in [3.63, 3.8) is 0 Å². The van der Waals surface area contributed by atoms with Crippen molar-refractivity contribution < 1.29 is 42.1 Å². The van der Waals surface area contributed by atoms with Crippen LogP contribution in [0.5, 0.6) is 0 Å². The zero-order valence-corrected chi connectivity index (χ0v) is 22.0. The highest BCUT2D eigenvalue weighted by atomic mass is 32.2. The van der Waals surface area contributed by atoms with Gasteiger partial charge in [-0.15, -0.1) is 0 Å². The van der Waals surface area contributed by atoms with Gasteiger partial charge in [0, 0.05) is 29.3 Å². The molecule has 4 aliphatic carbocycles. The summed E-state index contributed by atoms with van der Waals surface area (Å²) in [5.41, 5.74) is -6.97. The monoisotopic (exact) mass is 542 g/mol. The van der Waals surface area contributed by atoms with E-state index in [0.717, 1.165) is 6.08 Å². The fraction of sp³-hybridized carbons (Fsp3) is 0.741. The van der Waals surface area contributed by atoms with E-state index in [4.69, 9.17) is 9.47 Å². The van der Waals surface area contributed by atoms with Gasteiger partial charge in [-0.1, -0.05) is 19.9 Å². The van der Waals surface area contributed by atoms with Gasteiger partial charge in [0.25, 0.3) is 0 Å². The molecule has 5 rings (SSSR count). The number of carbonyl (C=O) groups excluding carboxylic acids is 3. The minimum absolute atomic E-state index is 0.00966. The molecule has 4 fully saturated rings. The maximum atomic E-state index is 17.4. The van der Waals surface area contributed by atoms with Crippen molar-refractivity contribution in [3.05, 3.63) is 23.8 Å². The molecule has 6 unspecified atom stereocenters. The molecule has 0 spiro atoms. The molecule has 1 saturated heterocycles. The first-order chi connectivity index (χ1) is 17.4. The van der Waals surface area contributed by atoms with Crippen LogP contribution in [-0.2, 0) is 23.9 Å². The number of halogens is 3. The average molecular weight is 543 g/mol. The normalized spacial score (nSPS) is 48.6. The van der Waals surface area contributed by atoms with Gasteiger partial charge in [-0.25, -0.2) is 13.2 Å². The van der Waals surface area contributed by atoms with Crippen LogP contribution < -0.4 is 0 Å². The lowest BCUT2D eigenvalue weighted by Crippen LogP contribution is -2.70. The van der Waals surface area contributed by atoms with E-state index in [0.29, 0.717) is 24.8 Å². The Morgan fingerprint density at radius 2 is 2.00 bits per heavy atom. The predicted octanol–water partition coefficient (Wildman–Crippen LogP) is 4.06. The van der Waals surface area contributed by atoms with E-state index in [1.165, 1.54) is 19.1 Å². The second-order valence-corrected chi connectivity index (χ2v) is 12.6. The number of hydrogen-bond donors (Lipinski definition) is 1. The van der Waals surface area contributed by atoms with Crippen molar-refractivity contribution in [2.24, 2.45) is 34.5 Å². The predicted molar refractivity (Wildman–Crippen MR) is 130 cm³/mol. The van der Waals surface area contributed by atoms with Crippen molar-refractivity contribution in [2.75, 3.05) is 19.2 Å². The third-order valence-electron chi connectivity index (χ3n) is 10.2. The molecule has 0 bridgehead atoms. The fourth-order valence-corrected chi connectivity index (χ4v) is 9.13. The Bertz CT molecular complexity index is 1070. The number of ketones is 1. The second-order valence-electron chi connectivity index (χ2n) is 11.8. The summed E-state index contributed by atoms with van der Waals surface area (Å²) in [7, 11) is 0. The molecule has 0 aromatic heterocycles. The van der Waals surface area contributed by atoms with E-state index in [2.05, 4.69) is 0 Å². The van der Waals surface area contributed by atoms with Gasteiger partial charge in [0.15, 0.2) is 17.1 Å². The van der Waals surface area contributed by atoms with E-state index < -0.39 is 80.9 Å². The van der Waals surface area contributed by atoms with Crippen molar-refractivity contribution in [1.82, 2.24) is 0 Å². The van der Waals surface area contributed by atoms with Crippen molar-refractivity contribution >= 4 is 28.6 Å². The highest BCUT2D eigenvalue weighted by Gasteiger charge is 2.78. The van der Waals surface area contributed by atoms with Crippen LogP contribution in [0.4, 0.5) is 13.2 Å². The third-order valence-corrected chi connectivity index (χ3v) is 10.9. The highest BCUT2D eigenvalue weighted by molar-refractivity contribution is 8.13. The number of fused-ring (bicyclic) bond motifs is 5. The molecule has 3 saturated carbocycles. The molecule has 37 heavy (non-hydrogen) atoms. The summed E-state index contributed by atoms with van der Waals surface area (Å²) in [6.45, 7) is 5.42. The van der Waals surface area contributed by atoms with Crippen LogP contribution in [0.2, 0.25) is 0 Å². The largest absolute Gasteiger partial charge is 0.449 e. The van der Waals surface area contributed by atoms with Crippen LogP contribution in [0.15, 0.2) is 23.8 Å². The summed E-state index contributed by atoms with van der Waals surface area (Å²) >= 11 is 0.397. The first kappa shape index (κ1) is 26.9. The summed E-state index contributed by atoms with van der Waals surface area (Å²) in [4.78, 5) is 38.9. The Morgan fingerprint density at radius 1 is 1.27 bits per heavy atom. The number of aliphatic hydroxyl groups excluding tert-OH is 1. The smallest absolute Gasteiger partial charge is 0.312 e. The van der Waals surface area contributed by atoms with E-state index in [1.54, 1.807) is 13.8 Å². The van der Waals surface area contributed by atoms with Gasteiger partial charge < -0.3 is 14.6 Å². The van der Waals surface area contributed by atoms with Gasteiger partial charge in [-0.05, 0) is 68.0 Å². The zero-order chi connectivity index (χ0) is 27.0. The molecule has 1 N–H and O–H groups in total. The van der Waals surface area contributed by atoms with E-state index >= 15 is 8.78 Å². The van der Waals surface area contributed by atoms with Gasteiger partial charge in [0.05, 0.1) is 18.6 Å². The molecule has 10 heteroatoms. The molecule has 0 amide bonds. The van der Waals surface area contributed by atoms with Gasteiger partial charge in [-0.2, -0.15) is 0 Å². The van der Waals surface area contributed by atoms with E-state index in [9.17, 15) is 23.9 Å². The lowest BCUT2D eigenvalue weighted by Gasteiger charge is -2.63. The van der Waals surface area contributed by atoms with Gasteiger partial charge in [0.1, 0.15) is 12.2 Å². The van der Waals surface area contributed by atoms with Crippen LogP contribution >= 0.6 is 11.8 Å². The topological polar surface area (TPSA) is 89.9 Å². The Labute approximate surface area is 218 Å². The first-order valence-electron chi connectivity index (χ1n) is 12.9. The summed E-state index contributed by atoms with van der Waals surface area (Å²) in [6, 6.07) is -1.03. The second kappa shape index (κ2) is 8.95. The number of allylic oxidation sites excluding steroid dienone is 4. The maximum Gasteiger partial charge on any atom is 0.312 e. The molecule has 1 aliphatic heterocycles. The molecule has 1 heterocycles. The summed E-state index contributed by atoms with van der Waals surface area (Å²) in [6.07, 6.45) is 0.529. The Balaban J connectivity index is 1.61. The van der Waals surface area contributed by atoms with Crippen molar-refractivity contribution in [1.29, 1.82) is 0 Å². The van der Waals surface area contributed by atoms with E-state index in [1.807, 2.05) is 0 Å². The number of rotatable bonds is 4. The number of esters is 1. The number of thioether (sulfide) groups is 1. The van der Waals surface area contributed by atoms with E-state index in [-0.39, 0.29) is 31.4 Å². The standard InChI is InChI=1S/C27H33F3O6S/c1-14-8-17-18-10-20(29)19-9-16(31)4-6-24(19,2)26(18,30)21(32)11-25(17,3)27(14,23(34)37-13-28)36-22(33)15-5-7-35-12-15/h4,6,9,14-15,17-18,20-21,32H,5,7-8,10-13H2,1-3H3/t14?,15?,17-,18-,20?,21?,24-,25-,26?,27?/m0/s1. The van der Waals surface area contributed by atoms with Gasteiger partial charge in [-0.3, -0.25) is 14.4 Å². The van der Waals surface area contributed by atoms with Crippen LogP contribution in [0.3, 0.4) is 0 Å². The van der Waals surface area contributed by atoms with Crippen LogP contribution in [-0.4, -0.2) is 64.7 Å². The Hall–Kier alpha value is -1.65. The molecule has 10 atom stereocenters. The lowest BCUT2D eigenvalue weighted by molar-refractivity contribution is -0.230. The summed E-state index contributed by atoms with van der Waals surface area (Å²) < 4.78 is 57.9. The molecular formula is C27H33F3O6S. The summed E-state index contributed by atoms with van der Waals surface area (Å²) in [5.74, 6) is -3.94. The Kier molecular flexibility index (Phi) is 6.51. The molecule has 6 nitrogen and oxygen atoms in total. The van der Waals surface area contributed by atoms with Crippen LogP contribution in [0.25, 0.3) is 0 Å². The molecule has 5 aliphatic rings. The average Bonchev–Trinajstić information content (AvgIpc) is 3.45. The SMILES string of the molecule is CC1C[C@H]2[C@@H]3CC(F)C4=CC(=O)C=C[C@]4(C)C3(F)C(O)C[C@]2(C)C1(OC(=O)C1CCOC1)C(=O)SCF. The molecule has 0 aromatic carbocycles. The minimum Gasteiger partial charge on any atom is -0.449 e. The number of aliphatic hydroxyl groups is 1. The fourth-order valence-electron chi connectivity index (χ4n) is 8.34. The highest BCUT2D eigenvalue weighted by Crippen LogP contribution is 2.72. The zero-order valence-electron chi connectivity index (χ0n) is 21.2. The van der Waals surface area contributed by atoms with Gasteiger partial charge in [0.2, 0.25) is 5.12 Å². The Morgan fingerprint density at radius 3 is 2.65 bits per heavy atom. The molecule has 0 aromatic rings. The number of carbonyl (C=O) groups is 3. The summed E-state index contributed by atoms with van der Waals surface area (Å²) in [5, 5.41) is 10.8. The van der Waals surface area contributed by atoms with Crippen molar-refractivity contribution in [2.45, 2.75) is 70.0 Å². The number of alkyl halides is 3. The minimum atomic E-state index is -2.32. The number of hydrogen-bond acceptors (Lipinski definition) is 7. The van der Waals surface area contributed by atoms with Crippen LogP contribution in [0, 0.1) is 34.5 Å².